The van der Waals surface area contributed by atoms with Crippen LogP contribution in [-0.4, -0.2) is 42.4 Å². The highest BCUT2D eigenvalue weighted by atomic mass is 16.5. The van der Waals surface area contributed by atoms with E-state index in [0.29, 0.717) is 17.2 Å². The van der Waals surface area contributed by atoms with Gasteiger partial charge in [-0.2, -0.15) is 5.10 Å². The number of esters is 1. The van der Waals surface area contributed by atoms with Crippen LogP contribution in [0.4, 0.5) is 0 Å². The second-order valence-corrected chi connectivity index (χ2v) is 7.06. The monoisotopic (exact) mass is 380 g/mol. The van der Waals surface area contributed by atoms with E-state index in [-0.39, 0.29) is 17.2 Å². The molecule has 0 bridgehead atoms. The predicted octanol–water partition coefficient (Wildman–Crippen LogP) is 2.14. The van der Waals surface area contributed by atoms with Crippen LogP contribution >= 0.6 is 0 Å². The lowest BCUT2D eigenvalue weighted by atomic mass is 10.0. The fourth-order valence-corrected chi connectivity index (χ4v) is 3.39. The Balaban J connectivity index is 1.95. The minimum absolute atomic E-state index is 0.223. The SMILES string of the molecule is COC(=O)c1cn(C(CC(C)C)c2nnc3ccccn23)cc2c(=O)[nH]nc1-2. The van der Waals surface area contributed by atoms with Gasteiger partial charge in [0.2, 0.25) is 0 Å². The Morgan fingerprint density at radius 1 is 1.25 bits per heavy atom. The number of pyridine rings is 2. The summed E-state index contributed by atoms with van der Waals surface area (Å²) >= 11 is 0. The lowest BCUT2D eigenvalue weighted by Crippen LogP contribution is -2.20. The van der Waals surface area contributed by atoms with Crippen LogP contribution in [0.3, 0.4) is 0 Å². The molecule has 144 valence electrons. The van der Waals surface area contributed by atoms with Crippen molar-refractivity contribution in [2.45, 2.75) is 26.3 Å². The molecule has 0 aliphatic carbocycles. The van der Waals surface area contributed by atoms with E-state index >= 15 is 0 Å². The molecule has 4 rings (SSSR count). The molecule has 4 heterocycles. The first-order chi connectivity index (χ1) is 13.5. The molecule has 2 aliphatic heterocycles. The average molecular weight is 380 g/mol. The lowest BCUT2D eigenvalue weighted by molar-refractivity contribution is 0.0600. The van der Waals surface area contributed by atoms with Gasteiger partial charge in [-0.3, -0.25) is 9.20 Å². The highest BCUT2D eigenvalue weighted by Crippen LogP contribution is 2.29. The quantitative estimate of drug-likeness (QED) is 0.532. The maximum atomic E-state index is 12.3. The molecule has 0 radical (unpaired) electrons. The smallest absolute Gasteiger partial charge is 0.341 e. The first kappa shape index (κ1) is 17.9. The number of nitrogens with one attached hydrogen (secondary N) is 1. The lowest BCUT2D eigenvalue weighted by Gasteiger charge is -2.22. The zero-order chi connectivity index (χ0) is 19.8. The minimum Gasteiger partial charge on any atom is -0.465 e. The van der Waals surface area contributed by atoms with Crippen molar-refractivity contribution in [2.75, 3.05) is 7.11 Å². The molecule has 0 saturated heterocycles. The van der Waals surface area contributed by atoms with Crippen molar-refractivity contribution in [1.82, 2.24) is 29.4 Å². The van der Waals surface area contributed by atoms with Gasteiger partial charge in [-0.05, 0) is 24.5 Å². The van der Waals surface area contributed by atoms with Gasteiger partial charge >= 0.3 is 5.97 Å². The molecule has 28 heavy (non-hydrogen) atoms. The molecule has 9 nitrogen and oxygen atoms in total. The molecule has 2 aromatic heterocycles. The first-order valence-electron chi connectivity index (χ1n) is 8.97. The summed E-state index contributed by atoms with van der Waals surface area (Å²) in [5.74, 6) is 0.502. The molecule has 2 aromatic rings. The summed E-state index contributed by atoms with van der Waals surface area (Å²) in [5.41, 5.74) is 1.21. The van der Waals surface area contributed by atoms with E-state index in [1.165, 1.54) is 7.11 Å². The van der Waals surface area contributed by atoms with Crippen molar-refractivity contribution in [2.24, 2.45) is 5.92 Å². The number of ether oxygens (including phenoxy) is 1. The van der Waals surface area contributed by atoms with Crippen molar-refractivity contribution >= 4 is 11.6 Å². The molecular weight excluding hydrogens is 360 g/mol. The Morgan fingerprint density at radius 3 is 2.82 bits per heavy atom. The van der Waals surface area contributed by atoms with E-state index in [2.05, 4.69) is 34.2 Å². The fourth-order valence-electron chi connectivity index (χ4n) is 3.39. The molecule has 1 unspecified atom stereocenters. The zero-order valence-corrected chi connectivity index (χ0v) is 15.8. The molecule has 0 amide bonds. The molecule has 0 spiro atoms. The van der Waals surface area contributed by atoms with E-state index in [0.717, 1.165) is 17.9 Å². The molecule has 1 N–H and O–H groups in total. The topological polar surface area (TPSA) is 107 Å². The summed E-state index contributed by atoms with van der Waals surface area (Å²) in [6, 6.07) is 5.45. The normalized spacial score (nSPS) is 12.7. The number of H-pyrrole nitrogens is 1. The number of aromatic amines is 1. The van der Waals surface area contributed by atoms with Gasteiger partial charge in [-0.15, -0.1) is 10.2 Å². The summed E-state index contributed by atoms with van der Waals surface area (Å²) < 4.78 is 8.63. The number of rotatable bonds is 5. The van der Waals surface area contributed by atoms with Crippen molar-refractivity contribution < 1.29 is 9.53 Å². The van der Waals surface area contributed by atoms with E-state index in [9.17, 15) is 9.59 Å². The van der Waals surface area contributed by atoms with Crippen LogP contribution in [0, 0.1) is 5.92 Å². The summed E-state index contributed by atoms with van der Waals surface area (Å²) in [4.78, 5) is 24.5. The van der Waals surface area contributed by atoms with Crippen LogP contribution in [0.1, 0.15) is 42.5 Å². The molecule has 1 atom stereocenters. The van der Waals surface area contributed by atoms with E-state index in [1.54, 1.807) is 12.4 Å². The van der Waals surface area contributed by atoms with Gasteiger partial charge in [0.1, 0.15) is 11.3 Å². The number of carbonyl (C=O) groups excluding carboxylic acids is 1. The van der Waals surface area contributed by atoms with E-state index in [1.807, 2.05) is 33.4 Å². The minimum atomic E-state index is -0.555. The summed E-state index contributed by atoms with van der Waals surface area (Å²) in [7, 11) is 1.30. The third-order valence-electron chi connectivity index (χ3n) is 4.68. The van der Waals surface area contributed by atoms with Gasteiger partial charge in [-0.25, -0.2) is 9.89 Å². The predicted molar refractivity (Wildman–Crippen MR) is 101 cm³/mol. The molecule has 2 aliphatic rings. The standard InChI is InChI=1S/C19H20N6O3/c1-11(2)8-14(17-22-20-15-6-4-5-7-25(15)17)24-9-12-16(21-23-18(12)26)13(10-24)19(27)28-3/h4-7,9-11,14H,8H2,1-3H3,(H,23,26). The summed E-state index contributed by atoms with van der Waals surface area (Å²) in [6.07, 6.45) is 5.99. The molecule has 0 saturated carbocycles. The van der Waals surface area contributed by atoms with Crippen LogP contribution in [-0.2, 0) is 4.74 Å². The first-order valence-corrected chi connectivity index (χ1v) is 8.97. The summed E-state index contributed by atoms with van der Waals surface area (Å²) in [5, 5.41) is 15.0. The Kier molecular flexibility index (Phi) is 4.42. The highest BCUT2D eigenvalue weighted by molar-refractivity contribution is 5.95. The number of methoxy groups -OCH3 is 1. The largest absolute Gasteiger partial charge is 0.465 e. The van der Waals surface area contributed by atoms with Gasteiger partial charge < -0.3 is 9.30 Å². The molecular formula is C19H20N6O3. The number of hydrogen-bond donors (Lipinski definition) is 1. The van der Waals surface area contributed by atoms with Crippen molar-refractivity contribution in [3.8, 4) is 11.3 Å². The van der Waals surface area contributed by atoms with Crippen molar-refractivity contribution in [1.29, 1.82) is 0 Å². The number of hydrogen-bond acceptors (Lipinski definition) is 6. The number of aromatic nitrogens is 6. The highest BCUT2D eigenvalue weighted by Gasteiger charge is 2.27. The third-order valence-corrected chi connectivity index (χ3v) is 4.68. The Morgan fingerprint density at radius 2 is 2.07 bits per heavy atom. The van der Waals surface area contributed by atoms with Gasteiger partial charge in [0, 0.05) is 18.6 Å². The number of carbonyl (C=O) groups is 1. The van der Waals surface area contributed by atoms with Gasteiger partial charge in [-0.1, -0.05) is 19.9 Å². The van der Waals surface area contributed by atoms with E-state index < -0.39 is 5.97 Å². The van der Waals surface area contributed by atoms with Crippen LogP contribution < -0.4 is 5.56 Å². The second kappa shape index (κ2) is 6.91. The molecule has 0 aromatic carbocycles. The maximum absolute atomic E-state index is 12.3. The van der Waals surface area contributed by atoms with Crippen molar-refractivity contribution in [3.05, 3.63) is 58.5 Å². The Hall–Kier alpha value is -3.49. The van der Waals surface area contributed by atoms with Gasteiger partial charge in [0.15, 0.2) is 11.5 Å². The zero-order valence-electron chi connectivity index (χ0n) is 15.8. The van der Waals surface area contributed by atoms with Gasteiger partial charge in [0.25, 0.3) is 5.56 Å². The second-order valence-electron chi connectivity index (χ2n) is 7.06. The van der Waals surface area contributed by atoms with Crippen LogP contribution in [0.15, 0.2) is 41.6 Å². The maximum Gasteiger partial charge on any atom is 0.341 e. The molecule has 9 heteroatoms. The number of nitrogens with zero attached hydrogens (tertiary/aromatic N) is 5. The average Bonchev–Trinajstić information content (AvgIpc) is 3.29. The molecule has 0 fully saturated rings. The Labute approximate surface area is 160 Å². The third kappa shape index (κ3) is 2.94. The Bertz CT molecular complexity index is 1170. The van der Waals surface area contributed by atoms with Gasteiger partial charge in [0.05, 0.1) is 18.7 Å². The van der Waals surface area contributed by atoms with Crippen LogP contribution in [0.25, 0.3) is 16.9 Å². The number of fused-ring (bicyclic) bond motifs is 2. The summed E-state index contributed by atoms with van der Waals surface area (Å²) in [6.45, 7) is 4.21. The van der Waals surface area contributed by atoms with E-state index in [4.69, 9.17) is 4.74 Å². The van der Waals surface area contributed by atoms with Crippen LogP contribution in [0.5, 0.6) is 0 Å². The van der Waals surface area contributed by atoms with Crippen molar-refractivity contribution in [3.63, 3.8) is 0 Å². The van der Waals surface area contributed by atoms with Crippen LogP contribution in [0.2, 0.25) is 0 Å². The fraction of sp³-hybridized carbons (Fsp3) is 0.316.